The third-order valence-electron chi connectivity index (χ3n) is 2.36. The Balaban J connectivity index is 2.32. The van der Waals surface area contributed by atoms with Crippen LogP contribution in [0.15, 0.2) is 18.2 Å². The Morgan fingerprint density at radius 1 is 1.50 bits per heavy atom. The molecule has 2 aliphatic rings. The maximum absolute atomic E-state index is 2.38. The van der Waals surface area contributed by atoms with Crippen LogP contribution < -0.4 is 3.11 Å². The highest BCUT2D eigenvalue weighted by Gasteiger charge is 2.42. The zero-order valence-corrected chi connectivity index (χ0v) is 7.50. The van der Waals surface area contributed by atoms with Gasteiger partial charge in [0.25, 0.3) is 0 Å². The highest BCUT2D eigenvalue weighted by Crippen LogP contribution is 2.55. The molecule has 1 nitrogen and oxygen atoms in total. The molecule has 2 heteroatoms. The fraction of sp³-hybridized carbons (Fsp3) is 0.250. The second kappa shape index (κ2) is 1.49. The Bertz CT molecular complexity index is 308. The molecular formula is C8H6IN. The van der Waals surface area contributed by atoms with Crippen LogP contribution in [0.25, 0.3) is 0 Å². The number of rotatable bonds is 0. The van der Waals surface area contributed by atoms with Crippen molar-refractivity contribution in [1.29, 1.82) is 0 Å². The first-order chi connectivity index (χ1) is 4.88. The Kier molecular flexibility index (Phi) is 0.808. The SMILES string of the molecule is IN1CC2c3cccc1c32. The predicted molar refractivity (Wildman–Crippen MR) is 49.7 cm³/mol. The molecule has 0 bridgehead atoms. The molecule has 1 atom stereocenters. The van der Waals surface area contributed by atoms with Crippen LogP contribution in [0.1, 0.15) is 17.0 Å². The van der Waals surface area contributed by atoms with E-state index in [4.69, 9.17) is 0 Å². The van der Waals surface area contributed by atoms with Crippen LogP contribution in [0.4, 0.5) is 5.69 Å². The van der Waals surface area contributed by atoms with Gasteiger partial charge >= 0.3 is 0 Å². The van der Waals surface area contributed by atoms with Crippen molar-refractivity contribution in [2.75, 3.05) is 9.66 Å². The summed E-state index contributed by atoms with van der Waals surface area (Å²) in [5.41, 5.74) is 4.64. The van der Waals surface area contributed by atoms with Crippen LogP contribution in [0.3, 0.4) is 0 Å². The van der Waals surface area contributed by atoms with Gasteiger partial charge in [0.15, 0.2) is 0 Å². The quantitative estimate of drug-likeness (QED) is 0.499. The Morgan fingerprint density at radius 2 is 2.40 bits per heavy atom. The summed E-state index contributed by atoms with van der Waals surface area (Å²) in [7, 11) is 0. The molecule has 0 N–H and O–H groups in total. The van der Waals surface area contributed by atoms with E-state index in [1.54, 1.807) is 11.1 Å². The minimum Gasteiger partial charge on any atom is -0.314 e. The lowest BCUT2D eigenvalue weighted by Crippen LogP contribution is -2.07. The summed E-state index contributed by atoms with van der Waals surface area (Å²) in [5.74, 6) is 0.807. The molecule has 0 spiro atoms. The number of halogens is 1. The Morgan fingerprint density at radius 3 is 3.20 bits per heavy atom. The summed E-state index contributed by atoms with van der Waals surface area (Å²) in [4.78, 5) is 0. The fourth-order valence-corrected chi connectivity index (χ4v) is 2.63. The summed E-state index contributed by atoms with van der Waals surface area (Å²) in [6.07, 6.45) is 0. The van der Waals surface area contributed by atoms with E-state index in [1.807, 2.05) is 0 Å². The molecule has 1 unspecified atom stereocenters. The lowest BCUT2D eigenvalue weighted by Gasteiger charge is -2.10. The van der Waals surface area contributed by atoms with Gasteiger partial charge in [0, 0.05) is 18.2 Å². The zero-order valence-electron chi connectivity index (χ0n) is 5.34. The summed E-state index contributed by atoms with van der Waals surface area (Å²) in [6, 6.07) is 6.60. The number of fused-ring (bicyclic) bond motifs is 1. The van der Waals surface area contributed by atoms with Gasteiger partial charge in [-0.3, -0.25) is 0 Å². The van der Waals surface area contributed by atoms with Gasteiger partial charge in [-0.15, -0.1) is 0 Å². The number of anilines is 1. The predicted octanol–water partition coefficient (Wildman–Crippen LogP) is 2.30. The van der Waals surface area contributed by atoms with Crippen molar-refractivity contribution in [3.05, 3.63) is 29.3 Å². The second-order valence-corrected chi connectivity index (χ2v) is 4.04. The first kappa shape index (κ1) is 5.41. The van der Waals surface area contributed by atoms with Gasteiger partial charge in [-0.25, -0.2) is 0 Å². The standard InChI is InChI=1S/C8H6IN/c9-10-4-6-5-2-1-3-7(10)8(5)6/h1-3,6H,4H2. The molecule has 1 aromatic carbocycles. The van der Waals surface area contributed by atoms with E-state index in [9.17, 15) is 0 Å². The number of benzene rings is 1. The van der Waals surface area contributed by atoms with Crippen molar-refractivity contribution in [2.24, 2.45) is 0 Å². The van der Waals surface area contributed by atoms with Crippen molar-refractivity contribution in [3.8, 4) is 0 Å². The molecule has 0 radical (unpaired) electrons. The molecule has 10 heavy (non-hydrogen) atoms. The van der Waals surface area contributed by atoms with Gasteiger partial charge in [0.2, 0.25) is 0 Å². The molecule has 1 aliphatic heterocycles. The first-order valence-electron chi connectivity index (χ1n) is 3.44. The minimum atomic E-state index is 0.807. The number of hydrogen-bond donors (Lipinski definition) is 0. The topological polar surface area (TPSA) is 3.24 Å². The van der Waals surface area contributed by atoms with Crippen molar-refractivity contribution in [1.82, 2.24) is 0 Å². The van der Waals surface area contributed by atoms with E-state index in [0.29, 0.717) is 0 Å². The molecular weight excluding hydrogens is 237 g/mol. The number of hydrogen-bond acceptors (Lipinski definition) is 1. The molecule has 0 fully saturated rings. The van der Waals surface area contributed by atoms with Crippen molar-refractivity contribution in [3.63, 3.8) is 0 Å². The largest absolute Gasteiger partial charge is 0.314 e. The van der Waals surface area contributed by atoms with E-state index < -0.39 is 0 Å². The van der Waals surface area contributed by atoms with Crippen LogP contribution >= 0.6 is 22.9 Å². The monoisotopic (exact) mass is 243 g/mol. The smallest absolute Gasteiger partial charge is 0.0591 e. The third-order valence-corrected chi connectivity index (χ3v) is 3.28. The normalized spacial score (nSPS) is 24.9. The van der Waals surface area contributed by atoms with Crippen molar-refractivity contribution in [2.45, 2.75) is 5.92 Å². The molecule has 3 rings (SSSR count). The third kappa shape index (κ3) is 0.459. The molecule has 1 heterocycles. The molecule has 0 amide bonds. The maximum Gasteiger partial charge on any atom is 0.0591 e. The summed E-state index contributed by atoms with van der Waals surface area (Å²) >= 11 is 2.38. The number of nitrogens with zero attached hydrogens (tertiary/aromatic N) is 1. The second-order valence-electron chi connectivity index (χ2n) is 2.88. The first-order valence-corrected chi connectivity index (χ1v) is 4.40. The average Bonchev–Trinajstić information content (AvgIpc) is 2.51. The average molecular weight is 243 g/mol. The van der Waals surface area contributed by atoms with Crippen LogP contribution in [-0.2, 0) is 0 Å². The maximum atomic E-state index is 2.38. The molecule has 0 saturated carbocycles. The summed E-state index contributed by atoms with van der Waals surface area (Å²) < 4.78 is 2.31. The van der Waals surface area contributed by atoms with E-state index in [2.05, 4.69) is 44.2 Å². The Hall–Kier alpha value is -0.250. The van der Waals surface area contributed by atoms with Crippen molar-refractivity contribution >= 4 is 28.6 Å². The summed E-state index contributed by atoms with van der Waals surface area (Å²) in [6.45, 7) is 1.21. The van der Waals surface area contributed by atoms with E-state index >= 15 is 0 Å². The highest BCUT2D eigenvalue weighted by molar-refractivity contribution is 14.1. The van der Waals surface area contributed by atoms with Gasteiger partial charge in [-0.1, -0.05) is 12.1 Å². The molecule has 0 saturated heterocycles. The highest BCUT2D eigenvalue weighted by atomic mass is 127. The molecule has 0 aromatic heterocycles. The van der Waals surface area contributed by atoms with Gasteiger partial charge in [-0.05, 0) is 17.2 Å². The summed E-state index contributed by atoms with van der Waals surface area (Å²) in [5, 5.41) is 0. The molecule has 50 valence electrons. The van der Waals surface area contributed by atoms with Gasteiger partial charge in [-0.2, -0.15) is 0 Å². The van der Waals surface area contributed by atoms with Gasteiger partial charge in [0.05, 0.1) is 22.9 Å². The molecule has 1 aliphatic carbocycles. The van der Waals surface area contributed by atoms with E-state index in [0.717, 1.165) is 5.92 Å². The van der Waals surface area contributed by atoms with E-state index in [1.165, 1.54) is 12.2 Å². The van der Waals surface area contributed by atoms with Crippen LogP contribution in [0.2, 0.25) is 0 Å². The van der Waals surface area contributed by atoms with Crippen molar-refractivity contribution < 1.29 is 0 Å². The van der Waals surface area contributed by atoms with Crippen LogP contribution in [0.5, 0.6) is 0 Å². The lowest BCUT2D eigenvalue weighted by atomic mass is 10.3. The van der Waals surface area contributed by atoms with Crippen LogP contribution in [-0.4, -0.2) is 6.54 Å². The fourth-order valence-electron chi connectivity index (χ4n) is 1.81. The van der Waals surface area contributed by atoms with Gasteiger partial charge < -0.3 is 3.11 Å². The van der Waals surface area contributed by atoms with E-state index in [-0.39, 0.29) is 0 Å². The molecule has 1 aromatic rings. The Labute approximate surface area is 73.5 Å². The van der Waals surface area contributed by atoms with Gasteiger partial charge in [0.1, 0.15) is 0 Å². The van der Waals surface area contributed by atoms with Crippen LogP contribution in [0, 0.1) is 0 Å². The zero-order chi connectivity index (χ0) is 6.72. The lowest BCUT2D eigenvalue weighted by molar-refractivity contribution is 1.02. The minimum absolute atomic E-state index is 0.807.